The number of nitrogens with zero attached hydrogens (tertiary/aromatic N) is 4. The molecule has 1 aliphatic carbocycles. The van der Waals surface area contributed by atoms with Gasteiger partial charge >= 0.3 is 0 Å². The maximum Gasteiger partial charge on any atom is 0.192 e. The molecule has 0 amide bonds. The summed E-state index contributed by atoms with van der Waals surface area (Å²) in [5.74, 6) is 4.12. The number of aliphatic imine (C=N–C) groups is 1. The summed E-state index contributed by atoms with van der Waals surface area (Å²) in [7, 11) is 1.97. The van der Waals surface area contributed by atoms with Gasteiger partial charge in [-0.15, -0.1) is 40.8 Å². The summed E-state index contributed by atoms with van der Waals surface area (Å²) in [5, 5.41) is 15.1. The van der Waals surface area contributed by atoms with Crippen molar-refractivity contribution in [2.75, 3.05) is 6.54 Å². The number of hydrogen-bond donors (Lipinski definition) is 2. The molecule has 2 atom stereocenters. The third-order valence-corrected chi connectivity index (χ3v) is 4.49. The predicted octanol–water partition coefficient (Wildman–Crippen LogP) is 2.79. The van der Waals surface area contributed by atoms with Crippen LogP contribution in [0.15, 0.2) is 17.6 Å². The van der Waals surface area contributed by atoms with Gasteiger partial charge in [-0.1, -0.05) is 19.9 Å². The van der Waals surface area contributed by atoms with Gasteiger partial charge in [0, 0.05) is 19.6 Å². The van der Waals surface area contributed by atoms with Crippen molar-refractivity contribution in [1.29, 1.82) is 0 Å². The molecule has 2 rings (SSSR count). The fourth-order valence-electron chi connectivity index (χ4n) is 3.32. The van der Waals surface area contributed by atoms with Crippen molar-refractivity contribution < 1.29 is 0 Å². The fraction of sp³-hybridized carbons (Fsp3) is 0.706. The van der Waals surface area contributed by atoms with Gasteiger partial charge in [0.25, 0.3) is 0 Å². The summed E-state index contributed by atoms with van der Waals surface area (Å²) in [4.78, 5) is 4.67. The van der Waals surface area contributed by atoms with E-state index in [2.05, 4.69) is 46.2 Å². The van der Waals surface area contributed by atoms with Crippen LogP contribution in [-0.4, -0.2) is 33.3 Å². The molecule has 0 radical (unpaired) electrons. The first-order valence-electron chi connectivity index (χ1n) is 8.50. The van der Waals surface area contributed by atoms with E-state index in [1.165, 1.54) is 19.3 Å². The number of rotatable bonds is 5. The third kappa shape index (κ3) is 6.07. The largest absolute Gasteiger partial charge is 0.354 e. The average Bonchev–Trinajstić information content (AvgIpc) is 2.80. The van der Waals surface area contributed by atoms with Crippen molar-refractivity contribution >= 4 is 29.9 Å². The molecule has 2 unspecified atom stereocenters. The van der Waals surface area contributed by atoms with Gasteiger partial charge in [0.05, 0.1) is 0 Å². The second-order valence-corrected chi connectivity index (χ2v) is 6.82. The lowest BCUT2D eigenvalue weighted by molar-refractivity contribution is 0.255. The summed E-state index contributed by atoms with van der Waals surface area (Å²) < 4.78 is 1.97. The standard InChI is InChI=1S/C17H30N6.HI/c1-6-7-18-17(19-11-16-22-21-14(4)23(16)5)20-15-9-12(2)8-13(3)10-15;/h6,12-13,15H,1,7-11H2,2-5H3,(H2,18,19,20);1H. The van der Waals surface area contributed by atoms with Gasteiger partial charge in [-0.3, -0.25) is 0 Å². The molecule has 7 heteroatoms. The Balaban J connectivity index is 0.00000288. The van der Waals surface area contributed by atoms with E-state index in [-0.39, 0.29) is 24.0 Å². The molecule has 0 aromatic carbocycles. The molecule has 0 aliphatic heterocycles. The Morgan fingerprint density at radius 3 is 2.50 bits per heavy atom. The number of nitrogens with one attached hydrogen (secondary N) is 2. The second-order valence-electron chi connectivity index (χ2n) is 6.82. The monoisotopic (exact) mass is 446 g/mol. The molecular weight excluding hydrogens is 415 g/mol. The molecule has 0 spiro atoms. The van der Waals surface area contributed by atoms with Crippen LogP contribution in [0, 0.1) is 18.8 Å². The minimum atomic E-state index is 0. The first-order chi connectivity index (χ1) is 11.0. The highest BCUT2D eigenvalue weighted by Gasteiger charge is 2.24. The number of guanidine groups is 1. The van der Waals surface area contributed by atoms with E-state index in [1.54, 1.807) is 0 Å². The van der Waals surface area contributed by atoms with Gasteiger partial charge in [-0.05, 0) is 38.0 Å². The zero-order chi connectivity index (χ0) is 16.8. The Morgan fingerprint density at radius 2 is 1.96 bits per heavy atom. The van der Waals surface area contributed by atoms with Crippen molar-refractivity contribution in [3.63, 3.8) is 0 Å². The van der Waals surface area contributed by atoms with Crippen molar-refractivity contribution in [1.82, 2.24) is 25.4 Å². The lowest BCUT2D eigenvalue weighted by Gasteiger charge is -2.32. The minimum absolute atomic E-state index is 0. The molecule has 24 heavy (non-hydrogen) atoms. The highest BCUT2D eigenvalue weighted by Crippen LogP contribution is 2.28. The van der Waals surface area contributed by atoms with E-state index < -0.39 is 0 Å². The summed E-state index contributed by atoms with van der Waals surface area (Å²) in [5.41, 5.74) is 0. The molecule has 1 saturated carbocycles. The van der Waals surface area contributed by atoms with Crippen molar-refractivity contribution in [2.24, 2.45) is 23.9 Å². The van der Waals surface area contributed by atoms with Crippen LogP contribution in [0.5, 0.6) is 0 Å². The van der Waals surface area contributed by atoms with Crippen LogP contribution in [0.25, 0.3) is 0 Å². The van der Waals surface area contributed by atoms with E-state index in [1.807, 2.05) is 24.6 Å². The summed E-state index contributed by atoms with van der Waals surface area (Å²) in [6.07, 6.45) is 5.56. The van der Waals surface area contributed by atoms with Crippen molar-refractivity contribution in [3.05, 3.63) is 24.3 Å². The maximum atomic E-state index is 4.67. The Bertz CT molecular complexity index is 543. The lowest BCUT2D eigenvalue weighted by Crippen LogP contribution is -2.46. The minimum Gasteiger partial charge on any atom is -0.354 e. The normalized spacial score (nSPS) is 24.2. The van der Waals surface area contributed by atoms with E-state index in [9.17, 15) is 0 Å². The van der Waals surface area contributed by atoms with Crippen LogP contribution in [0.3, 0.4) is 0 Å². The zero-order valence-electron chi connectivity index (χ0n) is 15.2. The van der Waals surface area contributed by atoms with Crippen LogP contribution in [-0.2, 0) is 13.6 Å². The average molecular weight is 446 g/mol. The van der Waals surface area contributed by atoms with Crippen molar-refractivity contribution in [3.8, 4) is 0 Å². The molecule has 1 aliphatic rings. The highest BCUT2D eigenvalue weighted by molar-refractivity contribution is 14.0. The molecular formula is C17H31IN6. The third-order valence-electron chi connectivity index (χ3n) is 4.49. The SMILES string of the molecule is C=CCNC(=NCc1nnc(C)n1C)NC1CC(C)CC(C)C1.I. The molecule has 1 heterocycles. The van der Waals surface area contributed by atoms with E-state index >= 15 is 0 Å². The van der Waals surface area contributed by atoms with E-state index in [0.29, 0.717) is 19.1 Å². The summed E-state index contributed by atoms with van der Waals surface area (Å²) >= 11 is 0. The van der Waals surface area contributed by atoms with Crippen LogP contribution in [0.1, 0.15) is 44.8 Å². The van der Waals surface area contributed by atoms with E-state index in [0.717, 1.165) is 29.4 Å². The van der Waals surface area contributed by atoms with E-state index in [4.69, 9.17) is 0 Å². The molecule has 0 saturated heterocycles. The first-order valence-corrected chi connectivity index (χ1v) is 8.50. The Labute approximate surface area is 162 Å². The maximum absolute atomic E-state index is 4.67. The van der Waals surface area contributed by atoms with Gasteiger partial charge in [0.1, 0.15) is 12.4 Å². The topological polar surface area (TPSA) is 67.1 Å². The smallest absolute Gasteiger partial charge is 0.192 e. The van der Waals surface area contributed by atoms with Crippen molar-refractivity contribution in [2.45, 2.75) is 52.6 Å². The fourth-order valence-corrected chi connectivity index (χ4v) is 3.32. The van der Waals surface area contributed by atoms with Gasteiger partial charge in [-0.2, -0.15) is 0 Å². The van der Waals surface area contributed by atoms with Gasteiger partial charge < -0.3 is 15.2 Å². The molecule has 136 valence electrons. The van der Waals surface area contributed by atoms with Crippen LogP contribution in [0.2, 0.25) is 0 Å². The Kier molecular flexibility index (Phi) is 8.72. The molecule has 6 nitrogen and oxygen atoms in total. The van der Waals surface area contributed by atoms with Crippen LogP contribution in [0.4, 0.5) is 0 Å². The molecule has 1 aromatic heterocycles. The summed E-state index contributed by atoms with van der Waals surface area (Å²) in [6, 6.07) is 0.478. The van der Waals surface area contributed by atoms with Gasteiger partial charge in [-0.25, -0.2) is 4.99 Å². The van der Waals surface area contributed by atoms with Gasteiger partial charge in [0.15, 0.2) is 11.8 Å². The summed E-state index contributed by atoms with van der Waals surface area (Å²) in [6.45, 7) is 11.6. The molecule has 0 bridgehead atoms. The Morgan fingerprint density at radius 1 is 1.29 bits per heavy atom. The Hall–Kier alpha value is -1.12. The highest BCUT2D eigenvalue weighted by atomic mass is 127. The number of aryl methyl sites for hydroxylation is 1. The second kappa shape index (κ2) is 10.0. The predicted molar refractivity (Wildman–Crippen MR) is 110 cm³/mol. The number of aromatic nitrogens is 3. The zero-order valence-corrected chi connectivity index (χ0v) is 17.6. The van der Waals surface area contributed by atoms with Crippen LogP contribution >= 0.6 is 24.0 Å². The van der Waals surface area contributed by atoms with Crippen LogP contribution < -0.4 is 10.6 Å². The number of hydrogen-bond acceptors (Lipinski definition) is 3. The number of halogens is 1. The van der Waals surface area contributed by atoms with Gasteiger partial charge in [0.2, 0.25) is 0 Å². The molecule has 1 fully saturated rings. The quantitative estimate of drug-likeness (QED) is 0.316. The first kappa shape index (κ1) is 20.9. The molecule has 2 N–H and O–H groups in total. The lowest BCUT2D eigenvalue weighted by atomic mass is 9.80. The molecule has 1 aromatic rings.